The molecule has 0 saturated heterocycles. The van der Waals surface area contributed by atoms with Gasteiger partial charge in [-0.15, -0.1) is 0 Å². The van der Waals surface area contributed by atoms with Crippen molar-refractivity contribution in [3.63, 3.8) is 0 Å². The number of carbonyl (C=O) groups is 1. The maximum Gasteiger partial charge on any atom is 0.240 e. The first-order valence-electron chi connectivity index (χ1n) is 7.95. The van der Waals surface area contributed by atoms with Crippen molar-refractivity contribution in [2.45, 2.75) is 77.6 Å². The summed E-state index contributed by atoms with van der Waals surface area (Å²) in [6.07, 6.45) is 12.0. The van der Waals surface area contributed by atoms with Gasteiger partial charge in [0.2, 0.25) is 5.91 Å². The molecule has 108 valence electrons. The van der Waals surface area contributed by atoms with E-state index in [1.807, 2.05) is 0 Å². The third-order valence-electron chi connectivity index (χ3n) is 4.17. The summed E-state index contributed by atoms with van der Waals surface area (Å²) >= 11 is 0. The Hall–Kier alpha value is -1.04. The Morgan fingerprint density at radius 3 is 2.37 bits per heavy atom. The molecule has 0 radical (unpaired) electrons. The number of nitrogens with one attached hydrogen (secondary N) is 1. The van der Waals surface area contributed by atoms with Gasteiger partial charge in [-0.1, -0.05) is 58.3 Å². The Morgan fingerprint density at radius 2 is 1.74 bits per heavy atom. The third-order valence-corrected chi connectivity index (χ3v) is 4.17. The van der Waals surface area contributed by atoms with E-state index < -0.39 is 5.41 Å². The van der Waals surface area contributed by atoms with Crippen molar-refractivity contribution in [2.24, 2.45) is 5.41 Å². The molecule has 0 aromatic heterocycles. The monoisotopic (exact) mass is 264 g/mol. The van der Waals surface area contributed by atoms with Crippen molar-refractivity contribution in [2.75, 3.05) is 6.54 Å². The molecular formula is C16H28N2O. The maximum absolute atomic E-state index is 12.2. The molecule has 0 aromatic rings. The van der Waals surface area contributed by atoms with E-state index in [2.05, 4.69) is 18.3 Å². The predicted octanol–water partition coefficient (Wildman–Crippen LogP) is 3.94. The standard InChI is InChI=1S/C16H28N2O/c1-2-3-4-5-6-10-13-18-15(19)16(14-17)11-8-7-9-12-16/h2-13H2,1H3,(H,18,19). The number of nitriles is 1. The molecule has 0 unspecified atom stereocenters. The van der Waals surface area contributed by atoms with E-state index in [9.17, 15) is 10.1 Å². The lowest BCUT2D eigenvalue weighted by molar-refractivity contribution is -0.129. The van der Waals surface area contributed by atoms with Gasteiger partial charge >= 0.3 is 0 Å². The third kappa shape index (κ3) is 5.22. The molecule has 0 bridgehead atoms. The zero-order valence-corrected chi connectivity index (χ0v) is 12.3. The van der Waals surface area contributed by atoms with Crippen LogP contribution >= 0.6 is 0 Å². The predicted molar refractivity (Wildman–Crippen MR) is 77.5 cm³/mol. The number of rotatable bonds is 8. The average Bonchev–Trinajstić information content (AvgIpc) is 2.46. The number of hydrogen-bond donors (Lipinski definition) is 1. The van der Waals surface area contributed by atoms with Crippen molar-refractivity contribution in [1.82, 2.24) is 5.32 Å². The number of unbranched alkanes of at least 4 members (excludes halogenated alkanes) is 5. The van der Waals surface area contributed by atoms with Gasteiger partial charge in [0.05, 0.1) is 6.07 Å². The van der Waals surface area contributed by atoms with E-state index in [1.54, 1.807) is 0 Å². The van der Waals surface area contributed by atoms with Crippen molar-refractivity contribution in [3.05, 3.63) is 0 Å². The van der Waals surface area contributed by atoms with Crippen LogP contribution in [0.1, 0.15) is 77.6 Å². The van der Waals surface area contributed by atoms with Crippen molar-refractivity contribution >= 4 is 5.91 Å². The van der Waals surface area contributed by atoms with E-state index in [0.717, 1.165) is 45.1 Å². The van der Waals surface area contributed by atoms with Crippen LogP contribution < -0.4 is 5.32 Å². The van der Waals surface area contributed by atoms with Crippen LogP contribution in [-0.4, -0.2) is 12.5 Å². The molecule has 1 fully saturated rings. The quantitative estimate of drug-likeness (QED) is 0.675. The Morgan fingerprint density at radius 1 is 1.11 bits per heavy atom. The molecular weight excluding hydrogens is 236 g/mol. The summed E-state index contributed by atoms with van der Waals surface area (Å²) in [4.78, 5) is 12.2. The van der Waals surface area contributed by atoms with Crippen molar-refractivity contribution < 1.29 is 4.79 Å². The minimum Gasteiger partial charge on any atom is -0.355 e. The van der Waals surface area contributed by atoms with Crippen LogP contribution in [0.4, 0.5) is 0 Å². The summed E-state index contributed by atoms with van der Waals surface area (Å²) in [5.74, 6) is -0.0248. The Labute approximate surface area is 117 Å². The minimum absolute atomic E-state index is 0.0248. The summed E-state index contributed by atoms with van der Waals surface area (Å²) in [7, 11) is 0. The number of carbonyl (C=O) groups excluding carboxylic acids is 1. The second kappa shape index (κ2) is 8.96. The van der Waals surface area contributed by atoms with Crippen LogP contribution in [0.25, 0.3) is 0 Å². The molecule has 1 aliphatic carbocycles. The van der Waals surface area contributed by atoms with Gasteiger partial charge in [-0.25, -0.2) is 0 Å². The molecule has 1 aliphatic rings. The van der Waals surface area contributed by atoms with Crippen LogP contribution in [-0.2, 0) is 4.79 Å². The van der Waals surface area contributed by atoms with Gasteiger partial charge in [0.1, 0.15) is 5.41 Å². The first kappa shape index (κ1) is 16.0. The normalized spacial score (nSPS) is 17.7. The Bertz CT molecular complexity index is 300. The maximum atomic E-state index is 12.2. The lowest BCUT2D eigenvalue weighted by Gasteiger charge is -2.29. The zero-order valence-electron chi connectivity index (χ0n) is 12.3. The molecule has 0 spiro atoms. The molecule has 3 heteroatoms. The van der Waals surface area contributed by atoms with Gasteiger partial charge < -0.3 is 5.32 Å². The highest BCUT2D eigenvalue weighted by Gasteiger charge is 2.39. The van der Waals surface area contributed by atoms with Gasteiger partial charge in [-0.3, -0.25) is 4.79 Å². The lowest BCUT2D eigenvalue weighted by atomic mass is 9.74. The van der Waals surface area contributed by atoms with Crippen LogP contribution in [0.15, 0.2) is 0 Å². The van der Waals surface area contributed by atoms with Gasteiger partial charge in [-0.05, 0) is 19.3 Å². The summed E-state index contributed by atoms with van der Waals surface area (Å²) in [6.45, 7) is 2.94. The average molecular weight is 264 g/mol. The first-order chi connectivity index (χ1) is 9.25. The summed E-state index contributed by atoms with van der Waals surface area (Å²) < 4.78 is 0. The fourth-order valence-electron chi connectivity index (χ4n) is 2.82. The number of nitrogens with zero attached hydrogens (tertiary/aromatic N) is 1. The Kier molecular flexibility index (Phi) is 7.55. The first-order valence-corrected chi connectivity index (χ1v) is 7.95. The second-order valence-corrected chi connectivity index (χ2v) is 5.78. The van der Waals surface area contributed by atoms with E-state index >= 15 is 0 Å². The van der Waals surface area contributed by atoms with Gasteiger partial charge in [0.15, 0.2) is 0 Å². The molecule has 19 heavy (non-hydrogen) atoms. The molecule has 0 aliphatic heterocycles. The SMILES string of the molecule is CCCCCCCCNC(=O)C1(C#N)CCCCC1. The summed E-state index contributed by atoms with van der Waals surface area (Å²) in [6, 6.07) is 2.27. The Balaban J connectivity index is 2.17. The van der Waals surface area contributed by atoms with Crippen LogP contribution in [0, 0.1) is 16.7 Å². The number of hydrogen-bond acceptors (Lipinski definition) is 2. The molecule has 1 rings (SSSR count). The molecule has 1 N–H and O–H groups in total. The van der Waals surface area contributed by atoms with Crippen molar-refractivity contribution in [1.29, 1.82) is 5.26 Å². The van der Waals surface area contributed by atoms with Gasteiger partial charge in [0.25, 0.3) is 0 Å². The summed E-state index contributed by atoms with van der Waals surface area (Å²) in [5, 5.41) is 12.3. The summed E-state index contributed by atoms with van der Waals surface area (Å²) in [5.41, 5.74) is -0.722. The van der Waals surface area contributed by atoms with E-state index in [1.165, 1.54) is 32.1 Å². The van der Waals surface area contributed by atoms with E-state index in [4.69, 9.17) is 0 Å². The number of amides is 1. The highest BCUT2D eigenvalue weighted by molar-refractivity contribution is 5.85. The van der Waals surface area contributed by atoms with E-state index in [0.29, 0.717) is 0 Å². The van der Waals surface area contributed by atoms with Gasteiger partial charge in [0, 0.05) is 6.54 Å². The molecule has 1 amide bonds. The van der Waals surface area contributed by atoms with Crippen LogP contribution in [0.5, 0.6) is 0 Å². The van der Waals surface area contributed by atoms with Gasteiger partial charge in [-0.2, -0.15) is 5.26 Å². The fraction of sp³-hybridized carbons (Fsp3) is 0.875. The minimum atomic E-state index is -0.722. The lowest BCUT2D eigenvalue weighted by Crippen LogP contribution is -2.41. The highest BCUT2D eigenvalue weighted by Crippen LogP contribution is 2.35. The topological polar surface area (TPSA) is 52.9 Å². The second-order valence-electron chi connectivity index (χ2n) is 5.78. The molecule has 3 nitrogen and oxygen atoms in total. The van der Waals surface area contributed by atoms with E-state index in [-0.39, 0.29) is 5.91 Å². The van der Waals surface area contributed by atoms with Crippen LogP contribution in [0.3, 0.4) is 0 Å². The van der Waals surface area contributed by atoms with Crippen LogP contribution in [0.2, 0.25) is 0 Å². The highest BCUT2D eigenvalue weighted by atomic mass is 16.2. The molecule has 0 atom stereocenters. The van der Waals surface area contributed by atoms with Crippen molar-refractivity contribution in [3.8, 4) is 6.07 Å². The molecule has 0 aromatic carbocycles. The zero-order chi connectivity index (χ0) is 14.0. The molecule has 1 saturated carbocycles. The largest absolute Gasteiger partial charge is 0.355 e. The smallest absolute Gasteiger partial charge is 0.240 e. The molecule has 0 heterocycles. The fourth-order valence-corrected chi connectivity index (χ4v) is 2.82.